The van der Waals surface area contributed by atoms with Crippen LogP contribution in [-0.4, -0.2) is 15.0 Å². The number of benzene rings is 7. The van der Waals surface area contributed by atoms with E-state index in [-0.39, 0.29) is 22.3 Å². The summed E-state index contributed by atoms with van der Waals surface area (Å²) in [6.45, 7) is 0. The molecule has 3 nitrogen and oxygen atoms in total. The smallest absolute Gasteiger partial charge is 0.164 e. The van der Waals surface area contributed by atoms with Gasteiger partial charge in [0.2, 0.25) is 0 Å². The van der Waals surface area contributed by atoms with Gasteiger partial charge in [-0.2, -0.15) is 0 Å². The summed E-state index contributed by atoms with van der Waals surface area (Å²) in [5, 5.41) is 0. The molecule has 7 aromatic carbocycles. The Kier molecular flexibility index (Phi) is 2.99. The van der Waals surface area contributed by atoms with Gasteiger partial charge in [-0.3, -0.25) is 0 Å². The summed E-state index contributed by atoms with van der Waals surface area (Å²) in [7, 11) is 0. The van der Waals surface area contributed by atoms with Gasteiger partial charge in [0.25, 0.3) is 0 Å². The highest BCUT2D eigenvalue weighted by molar-refractivity contribution is 5.90. The van der Waals surface area contributed by atoms with E-state index in [2.05, 4.69) is 15.0 Å². The van der Waals surface area contributed by atoms with Crippen LogP contribution < -0.4 is 0 Å². The van der Waals surface area contributed by atoms with Crippen molar-refractivity contribution in [3.63, 3.8) is 0 Å². The van der Waals surface area contributed by atoms with Crippen LogP contribution in [0, 0.1) is 0 Å². The van der Waals surface area contributed by atoms with Crippen LogP contribution in [0.4, 0.5) is 0 Å². The summed E-state index contributed by atoms with van der Waals surface area (Å²) >= 11 is 0. The van der Waals surface area contributed by atoms with E-state index >= 15 is 0 Å². The molecule has 0 spiro atoms. The molecule has 0 N–H and O–H groups in total. The number of rotatable bonds is 6. The summed E-state index contributed by atoms with van der Waals surface area (Å²) in [4.78, 5) is 12.9. The first kappa shape index (κ1) is 11.9. The minimum absolute atomic E-state index is 0.162. The molecule has 9 rings (SSSR count). The third-order valence-corrected chi connectivity index (χ3v) is 7.46. The lowest BCUT2D eigenvalue weighted by molar-refractivity contribution is 1.07. The van der Waals surface area contributed by atoms with Crippen molar-refractivity contribution in [2.45, 2.75) is 6.42 Å². The van der Waals surface area contributed by atoms with Gasteiger partial charge in [-0.05, 0) is 74.2 Å². The van der Waals surface area contributed by atoms with Crippen LogP contribution in [0.3, 0.4) is 0 Å². The average molecular weight is 654 g/mol. The first-order valence-corrected chi connectivity index (χ1v) is 14.4. The molecule has 49 heavy (non-hydrogen) atoms. The lowest BCUT2D eigenvalue weighted by atomic mass is 9.93. The van der Waals surface area contributed by atoms with Crippen molar-refractivity contribution in [3.8, 4) is 78.7 Å². The molecule has 0 aliphatic heterocycles. The molecule has 1 heterocycles. The number of fused-ring (bicyclic) bond motifs is 3. The number of hydrogen-bond acceptors (Lipinski definition) is 3. The van der Waals surface area contributed by atoms with Crippen LogP contribution in [0.5, 0.6) is 0 Å². The van der Waals surface area contributed by atoms with Crippen molar-refractivity contribution in [2.24, 2.45) is 0 Å². The van der Waals surface area contributed by atoms with Crippen molar-refractivity contribution in [3.05, 3.63) is 186 Å². The molecule has 0 bridgehead atoms. The van der Waals surface area contributed by atoms with Gasteiger partial charge < -0.3 is 0 Å². The van der Waals surface area contributed by atoms with Gasteiger partial charge >= 0.3 is 0 Å². The first-order valence-electron chi connectivity index (χ1n) is 28.4. The van der Waals surface area contributed by atoms with Gasteiger partial charge in [0.15, 0.2) is 17.5 Å². The van der Waals surface area contributed by atoms with Crippen molar-refractivity contribution < 1.29 is 38.4 Å². The lowest BCUT2D eigenvalue weighted by Gasteiger charge is -2.12. The minimum Gasteiger partial charge on any atom is -0.208 e. The molecule has 1 aliphatic carbocycles. The summed E-state index contributed by atoms with van der Waals surface area (Å²) in [6.07, 6.45) is -0.597. The Labute approximate surface area is 325 Å². The van der Waals surface area contributed by atoms with E-state index in [1.165, 1.54) is 0 Å². The Morgan fingerprint density at radius 3 is 1.29 bits per heavy atom. The third-order valence-electron chi connectivity index (χ3n) is 7.46. The maximum Gasteiger partial charge on any atom is 0.164 e. The Balaban J connectivity index is 1.35. The van der Waals surface area contributed by atoms with E-state index < -0.39 is 243 Å². The highest BCUT2D eigenvalue weighted by Gasteiger charge is 2.25. The van der Waals surface area contributed by atoms with Gasteiger partial charge in [-0.15, -0.1) is 0 Å². The van der Waals surface area contributed by atoms with Gasteiger partial charge in [0.05, 0.1) is 38.4 Å². The predicted octanol–water partition coefficient (Wildman–Crippen LogP) is 11.4. The molecule has 230 valence electrons. The highest BCUT2D eigenvalue weighted by atomic mass is 15.0. The van der Waals surface area contributed by atoms with Crippen molar-refractivity contribution in [1.82, 2.24) is 15.0 Å². The van der Waals surface area contributed by atoms with E-state index in [0.717, 1.165) is 6.07 Å². The Hall–Kier alpha value is -6.45. The molecule has 0 fully saturated rings. The summed E-state index contributed by atoms with van der Waals surface area (Å²) < 4.78 is 245. The quantitative estimate of drug-likeness (QED) is 0.179. The van der Waals surface area contributed by atoms with Crippen molar-refractivity contribution in [2.75, 3.05) is 0 Å². The van der Waals surface area contributed by atoms with E-state index in [1.807, 2.05) is 0 Å². The van der Waals surface area contributed by atoms with Crippen molar-refractivity contribution >= 4 is 0 Å². The zero-order valence-electron chi connectivity index (χ0n) is 52.6. The SMILES string of the molecule is [2H]c1c(-c2nc(-c3c([2H])c([2H])c([2H])c([2H])c3[2H])nc(-c3c([2H])c([2H])c([2H])c([2H])c3[2H])n2)cc(-c2c([2H])c([2H])c([2H])c3c2Cc2c(-c4c([2H])c([2H])c([2H])c(-c5c([2H])c([2H])c([2H])c([2H])c5[2H])c4[2H])c([2H])c([2H])c([2H])c2-3)c([2H])c1[2H]. The van der Waals surface area contributed by atoms with Crippen LogP contribution in [0.15, 0.2) is 175 Å². The zero-order chi connectivity index (χ0) is 56.9. The zero-order valence-corrected chi connectivity index (χ0v) is 24.6. The van der Waals surface area contributed by atoms with E-state index in [1.54, 1.807) is 0 Å². The normalized spacial score (nSPS) is 19.6. The Morgan fingerprint density at radius 2 is 0.714 bits per heavy atom. The van der Waals surface area contributed by atoms with Crippen LogP contribution >= 0.6 is 0 Å². The molecule has 0 saturated carbocycles. The molecular formula is C46H31N3. The molecule has 0 radical (unpaired) electrons. The number of nitrogens with zero attached hydrogens (tertiary/aromatic N) is 3. The first-order chi connectivity index (χ1) is 35.9. The summed E-state index contributed by atoms with van der Waals surface area (Å²) in [5.41, 5.74) is -6.30. The molecule has 0 amide bonds. The molecular weight excluding hydrogens is 595 g/mol. The standard InChI is InChI=1S/C46H31N3/c1-4-14-31(15-5-1)34-20-10-21-35(28-34)38-24-12-26-40-41-27-13-25-39(43(41)30-42(38)40)36-22-11-23-37(29-36)46-48-44(32-16-6-2-7-17-32)47-45(49-46)33-18-8-3-9-19-33/h1-29H,30H2/i1D,2D,3D,4D,5D,6D,7D,8D,9D,10D,11D,12D,13D,14D,15D,16D,17D,18D,19D,20D,21D,22D,23D,24D,25D,26D,27D,28D. The molecule has 0 atom stereocenters. The fourth-order valence-electron chi connectivity index (χ4n) is 5.31. The van der Waals surface area contributed by atoms with Crippen LogP contribution in [0.1, 0.15) is 49.5 Å². The summed E-state index contributed by atoms with van der Waals surface area (Å²) in [6, 6.07) is -22.6. The number of hydrogen-bond donors (Lipinski definition) is 0. The van der Waals surface area contributed by atoms with Gasteiger partial charge in [-0.1, -0.05) is 163 Å². The second kappa shape index (κ2) is 12.3. The Morgan fingerprint density at radius 1 is 0.327 bits per heavy atom. The van der Waals surface area contributed by atoms with Crippen LogP contribution in [-0.2, 0) is 6.42 Å². The highest BCUT2D eigenvalue weighted by Crippen LogP contribution is 2.45. The molecule has 1 aromatic heterocycles. The summed E-state index contributed by atoms with van der Waals surface area (Å²) in [5.74, 6) is -2.17. The largest absolute Gasteiger partial charge is 0.208 e. The molecule has 0 saturated heterocycles. The molecule has 8 aromatic rings. The maximum absolute atomic E-state index is 9.42. The van der Waals surface area contributed by atoms with Crippen LogP contribution in [0.25, 0.3) is 78.7 Å². The fraction of sp³-hybridized carbons (Fsp3) is 0.0217. The number of aromatic nitrogens is 3. The molecule has 0 unspecified atom stereocenters. The van der Waals surface area contributed by atoms with Crippen molar-refractivity contribution in [1.29, 1.82) is 0 Å². The average Bonchev–Trinajstić information content (AvgIpc) is 3.85. The van der Waals surface area contributed by atoms with E-state index in [9.17, 15) is 6.85 Å². The monoisotopic (exact) mass is 653 g/mol. The van der Waals surface area contributed by atoms with Gasteiger partial charge in [0, 0.05) is 16.7 Å². The van der Waals surface area contributed by atoms with E-state index in [0.29, 0.717) is 0 Å². The van der Waals surface area contributed by atoms with E-state index in [4.69, 9.17) is 31.5 Å². The topological polar surface area (TPSA) is 38.7 Å². The second-order valence-corrected chi connectivity index (χ2v) is 10.3. The minimum atomic E-state index is -0.931. The van der Waals surface area contributed by atoms with Gasteiger partial charge in [-0.25, -0.2) is 15.0 Å². The predicted molar refractivity (Wildman–Crippen MR) is 201 cm³/mol. The van der Waals surface area contributed by atoms with Crippen LogP contribution in [0.2, 0.25) is 0 Å². The fourth-order valence-corrected chi connectivity index (χ4v) is 5.31. The molecule has 3 heteroatoms. The second-order valence-electron chi connectivity index (χ2n) is 10.3. The third kappa shape index (κ3) is 5.42. The maximum atomic E-state index is 9.42. The van der Waals surface area contributed by atoms with Gasteiger partial charge in [0.1, 0.15) is 0 Å². The molecule has 1 aliphatic rings. The Bertz CT molecular complexity index is 3890. The lowest BCUT2D eigenvalue weighted by Crippen LogP contribution is -2.00.